The largest absolute Gasteiger partial charge is 0.481 e. The van der Waals surface area contributed by atoms with Crippen molar-refractivity contribution in [3.8, 4) is 0 Å². The molecule has 6 nitrogen and oxygen atoms in total. The second kappa shape index (κ2) is 7.65. The summed E-state index contributed by atoms with van der Waals surface area (Å²) in [4.78, 5) is 21.1. The van der Waals surface area contributed by atoms with Crippen molar-refractivity contribution < 1.29 is 14.7 Å². The topological polar surface area (TPSA) is 105 Å². The van der Waals surface area contributed by atoms with E-state index in [1.54, 1.807) is 13.1 Å². The lowest BCUT2D eigenvalue weighted by molar-refractivity contribution is -0.141. The lowest BCUT2D eigenvalue weighted by Gasteiger charge is -2.17. The van der Waals surface area contributed by atoms with Crippen molar-refractivity contribution in [2.24, 2.45) is 28.6 Å². The summed E-state index contributed by atoms with van der Waals surface area (Å²) in [6, 6.07) is -0.706. The fourth-order valence-electron chi connectivity index (χ4n) is 1.34. The third kappa shape index (κ3) is 7.32. The van der Waals surface area contributed by atoms with E-state index in [2.05, 4.69) is 10.5 Å². The highest BCUT2D eigenvalue weighted by Crippen LogP contribution is 2.18. The maximum absolute atomic E-state index is 10.7. The van der Waals surface area contributed by atoms with Crippen LogP contribution in [0, 0.1) is 17.8 Å². The molecule has 4 N–H and O–H groups in total. The van der Waals surface area contributed by atoms with Crippen molar-refractivity contribution in [1.29, 1.82) is 0 Å². The predicted octanol–water partition coefficient (Wildman–Crippen LogP) is 1.41. The maximum Gasteiger partial charge on any atom is 0.332 e. The van der Waals surface area contributed by atoms with Gasteiger partial charge < -0.3 is 10.8 Å². The van der Waals surface area contributed by atoms with Crippen LogP contribution in [0.15, 0.2) is 5.10 Å². The lowest BCUT2D eigenvalue weighted by atomic mass is 9.89. The van der Waals surface area contributed by atoms with Crippen LogP contribution in [-0.2, 0) is 4.79 Å². The average molecular weight is 243 g/mol. The molecule has 0 aliphatic heterocycles. The first-order valence-electron chi connectivity index (χ1n) is 5.66. The van der Waals surface area contributed by atoms with E-state index in [-0.39, 0.29) is 11.8 Å². The molecule has 0 aromatic carbocycles. The Bertz CT molecular complexity index is 290. The number of hydrazone groups is 1. The molecule has 98 valence electrons. The van der Waals surface area contributed by atoms with Crippen molar-refractivity contribution in [2.75, 3.05) is 0 Å². The van der Waals surface area contributed by atoms with E-state index in [0.717, 1.165) is 6.42 Å². The summed E-state index contributed by atoms with van der Waals surface area (Å²) in [7, 11) is 0. The second-order valence-electron chi connectivity index (χ2n) is 4.48. The minimum Gasteiger partial charge on any atom is -0.481 e. The van der Waals surface area contributed by atoms with E-state index in [0.29, 0.717) is 12.3 Å². The molecule has 0 rings (SSSR count). The summed E-state index contributed by atoms with van der Waals surface area (Å²) in [6.45, 7) is 5.72. The van der Waals surface area contributed by atoms with Gasteiger partial charge in [0.25, 0.3) is 0 Å². The van der Waals surface area contributed by atoms with Crippen LogP contribution in [0.4, 0.5) is 4.79 Å². The molecule has 0 bridgehead atoms. The maximum atomic E-state index is 10.7. The molecule has 6 heteroatoms. The number of amides is 2. The van der Waals surface area contributed by atoms with Gasteiger partial charge in [-0.25, -0.2) is 10.2 Å². The number of carboxylic acid groups (broad SMARTS) is 1. The molecule has 0 spiro atoms. The van der Waals surface area contributed by atoms with E-state index >= 15 is 0 Å². The molecule has 0 aromatic heterocycles. The first kappa shape index (κ1) is 15.4. The second-order valence-corrected chi connectivity index (χ2v) is 4.48. The number of hydrogen-bond acceptors (Lipinski definition) is 3. The first-order valence-corrected chi connectivity index (χ1v) is 5.66. The standard InChI is InChI=1S/C11H21N3O3/c1-7(2)9(6-13-14-11(12)17)5-4-8(3)10(15)16/h6-9H,4-5H2,1-3H3,(H,15,16)(H3,12,14,17)/b13-6-/t8-,9+/m1/s1. The van der Waals surface area contributed by atoms with Gasteiger partial charge in [-0.1, -0.05) is 20.8 Å². The minimum atomic E-state index is -0.792. The Hall–Kier alpha value is -1.59. The summed E-state index contributed by atoms with van der Waals surface area (Å²) in [6.07, 6.45) is 2.92. The Morgan fingerprint density at radius 3 is 2.35 bits per heavy atom. The lowest BCUT2D eigenvalue weighted by Crippen LogP contribution is -2.25. The molecule has 2 atom stereocenters. The Kier molecular flexibility index (Phi) is 6.93. The molecule has 0 aliphatic rings. The highest BCUT2D eigenvalue weighted by atomic mass is 16.4. The van der Waals surface area contributed by atoms with Crippen LogP contribution in [0.5, 0.6) is 0 Å². The summed E-state index contributed by atoms with van der Waals surface area (Å²) in [5, 5.41) is 12.5. The molecule has 0 aliphatic carbocycles. The number of nitrogens with zero attached hydrogens (tertiary/aromatic N) is 1. The molecule has 17 heavy (non-hydrogen) atoms. The molecule has 0 fully saturated rings. The zero-order chi connectivity index (χ0) is 13.4. The molecule has 0 radical (unpaired) electrons. The van der Waals surface area contributed by atoms with Gasteiger partial charge in [0.05, 0.1) is 5.92 Å². The van der Waals surface area contributed by atoms with Gasteiger partial charge in [0.2, 0.25) is 0 Å². The fraction of sp³-hybridized carbons (Fsp3) is 0.727. The van der Waals surface area contributed by atoms with E-state index < -0.39 is 12.0 Å². The van der Waals surface area contributed by atoms with Crippen LogP contribution in [0.2, 0.25) is 0 Å². The number of nitrogens with two attached hydrogens (primary N) is 1. The number of carbonyl (C=O) groups is 2. The Balaban J connectivity index is 4.20. The minimum absolute atomic E-state index is 0.128. The van der Waals surface area contributed by atoms with Crippen LogP contribution in [0.25, 0.3) is 0 Å². The average Bonchev–Trinajstić information content (AvgIpc) is 2.21. The Morgan fingerprint density at radius 1 is 1.35 bits per heavy atom. The molecular formula is C11H21N3O3. The number of primary amides is 1. The Labute approximate surface area is 101 Å². The van der Waals surface area contributed by atoms with Crippen molar-refractivity contribution in [3.05, 3.63) is 0 Å². The van der Waals surface area contributed by atoms with Crippen LogP contribution in [0.1, 0.15) is 33.6 Å². The van der Waals surface area contributed by atoms with Crippen LogP contribution in [-0.4, -0.2) is 23.3 Å². The van der Waals surface area contributed by atoms with Gasteiger partial charge in [-0.05, 0) is 24.7 Å². The number of nitrogens with one attached hydrogen (secondary N) is 1. The first-order chi connectivity index (χ1) is 7.84. The van der Waals surface area contributed by atoms with Crippen LogP contribution >= 0.6 is 0 Å². The predicted molar refractivity (Wildman–Crippen MR) is 65.6 cm³/mol. The normalized spacial score (nSPS) is 14.8. The van der Waals surface area contributed by atoms with Gasteiger partial charge in [0.1, 0.15) is 0 Å². The summed E-state index contributed by atoms with van der Waals surface area (Å²) < 4.78 is 0. The quantitative estimate of drug-likeness (QED) is 0.465. The number of urea groups is 1. The van der Waals surface area contributed by atoms with E-state index in [1.807, 2.05) is 13.8 Å². The SMILES string of the molecule is CC(C)[C@H](/C=N\NC(N)=O)CC[C@@H](C)C(=O)O. The van der Waals surface area contributed by atoms with Crippen LogP contribution in [0.3, 0.4) is 0 Å². The monoisotopic (exact) mass is 243 g/mol. The van der Waals surface area contributed by atoms with Gasteiger partial charge >= 0.3 is 12.0 Å². The summed E-state index contributed by atoms with van der Waals surface area (Å²) in [5.41, 5.74) is 7.01. The summed E-state index contributed by atoms with van der Waals surface area (Å²) >= 11 is 0. The van der Waals surface area contributed by atoms with Crippen LogP contribution < -0.4 is 11.2 Å². The zero-order valence-corrected chi connectivity index (χ0v) is 10.5. The van der Waals surface area contributed by atoms with E-state index in [4.69, 9.17) is 10.8 Å². The highest BCUT2D eigenvalue weighted by molar-refractivity contribution is 5.73. The summed E-state index contributed by atoms with van der Waals surface area (Å²) in [5.74, 6) is -0.702. The smallest absolute Gasteiger partial charge is 0.332 e. The van der Waals surface area contributed by atoms with Gasteiger partial charge in [0.15, 0.2) is 0 Å². The molecular weight excluding hydrogens is 222 g/mol. The molecule has 0 aromatic rings. The van der Waals surface area contributed by atoms with E-state index in [1.165, 1.54) is 0 Å². The fourth-order valence-corrected chi connectivity index (χ4v) is 1.34. The number of carbonyl (C=O) groups excluding carboxylic acids is 1. The van der Waals surface area contributed by atoms with E-state index in [9.17, 15) is 9.59 Å². The third-order valence-electron chi connectivity index (χ3n) is 2.65. The van der Waals surface area contributed by atoms with Gasteiger partial charge in [-0.3, -0.25) is 4.79 Å². The van der Waals surface area contributed by atoms with Gasteiger partial charge in [-0.2, -0.15) is 5.10 Å². The van der Waals surface area contributed by atoms with Crippen molar-refractivity contribution in [3.63, 3.8) is 0 Å². The van der Waals surface area contributed by atoms with Crippen molar-refractivity contribution in [2.45, 2.75) is 33.6 Å². The number of aliphatic carboxylic acids is 1. The van der Waals surface area contributed by atoms with Crippen molar-refractivity contribution >= 4 is 18.2 Å². The Morgan fingerprint density at radius 2 is 1.94 bits per heavy atom. The highest BCUT2D eigenvalue weighted by Gasteiger charge is 2.16. The molecule has 0 unspecified atom stereocenters. The zero-order valence-electron chi connectivity index (χ0n) is 10.5. The number of hydrogen-bond donors (Lipinski definition) is 3. The molecule has 2 amide bonds. The third-order valence-corrected chi connectivity index (χ3v) is 2.65. The molecule has 0 heterocycles. The molecule has 0 saturated heterocycles. The molecule has 0 saturated carbocycles. The number of rotatable bonds is 7. The number of carboxylic acids is 1. The van der Waals surface area contributed by atoms with Crippen molar-refractivity contribution in [1.82, 2.24) is 5.43 Å². The van der Waals surface area contributed by atoms with Gasteiger partial charge in [0, 0.05) is 6.21 Å². The van der Waals surface area contributed by atoms with Gasteiger partial charge in [-0.15, -0.1) is 0 Å².